The van der Waals surface area contributed by atoms with Crippen molar-refractivity contribution in [1.82, 2.24) is 5.32 Å². The number of benzene rings is 2. The summed E-state index contributed by atoms with van der Waals surface area (Å²) in [5.41, 5.74) is 0.00130. The summed E-state index contributed by atoms with van der Waals surface area (Å²) in [6.07, 6.45) is -4.41. The van der Waals surface area contributed by atoms with Crippen LogP contribution in [0.2, 0.25) is 0 Å². The molecule has 2 aromatic rings. The van der Waals surface area contributed by atoms with Crippen molar-refractivity contribution >= 4 is 17.7 Å². The maximum atomic E-state index is 12.9. The first-order valence-corrected chi connectivity index (χ1v) is 8.09. The zero-order valence-electron chi connectivity index (χ0n) is 12.7. The zero-order chi connectivity index (χ0) is 17.7. The van der Waals surface area contributed by atoms with E-state index in [1.54, 1.807) is 19.1 Å². The summed E-state index contributed by atoms with van der Waals surface area (Å²) in [6.45, 7) is 1.75. The summed E-state index contributed by atoms with van der Waals surface area (Å²) in [5, 5.41) is 2.73. The van der Waals surface area contributed by atoms with Crippen molar-refractivity contribution in [2.75, 3.05) is 5.75 Å². The molecule has 1 N–H and O–H groups in total. The first kappa shape index (κ1) is 18.3. The molecule has 0 radical (unpaired) electrons. The fourth-order valence-corrected chi connectivity index (χ4v) is 2.80. The van der Waals surface area contributed by atoms with Crippen LogP contribution in [0.4, 0.5) is 17.6 Å². The number of thioether (sulfide) groups is 1. The van der Waals surface area contributed by atoms with Gasteiger partial charge in [-0.25, -0.2) is 4.39 Å². The smallest absolute Gasteiger partial charge is 0.349 e. The molecule has 128 valence electrons. The lowest BCUT2D eigenvalue weighted by Gasteiger charge is -2.14. The first-order valence-electron chi connectivity index (χ1n) is 7.10. The van der Waals surface area contributed by atoms with Crippen molar-refractivity contribution in [1.29, 1.82) is 0 Å². The molecule has 24 heavy (non-hydrogen) atoms. The number of carbonyl (C=O) groups is 1. The van der Waals surface area contributed by atoms with E-state index in [9.17, 15) is 22.4 Å². The molecular weight excluding hydrogens is 342 g/mol. The molecule has 2 aromatic carbocycles. The van der Waals surface area contributed by atoms with Gasteiger partial charge in [0.05, 0.1) is 17.4 Å². The predicted octanol–water partition coefficient (Wildman–Crippen LogP) is 4.81. The molecule has 7 heteroatoms. The number of rotatable bonds is 5. The van der Waals surface area contributed by atoms with Crippen LogP contribution in [-0.2, 0) is 11.0 Å². The van der Waals surface area contributed by atoms with E-state index in [-0.39, 0.29) is 23.5 Å². The topological polar surface area (TPSA) is 29.1 Å². The highest BCUT2D eigenvalue weighted by atomic mass is 32.2. The highest BCUT2D eigenvalue weighted by Gasteiger charge is 2.30. The van der Waals surface area contributed by atoms with Gasteiger partial charge in [-0.3, -0.25) is 4.79 Å². The minimum atomic E-state index is -4.41. The summed E-state index contributed by atoms with van der Waals surface area (Å²) in [7, 11) is 0. The minimum Gasteiger partial charge on any atom is -0.349 e. The third kappa shape index (κ3) is 5.26. The van der Waals surface area contributed by atoms with E-state index >= 15 is 0 Å². The largest absolute Gasteiger partial charge is 0.416 e. The molecule has 0 fully saturated rings. The molecule has 0 saturated heterocycles. The number of nitrogens with one attached hydrogen (secondary N) is 1. The van der Waals surface area contributed by atoms with Gasteiger partial charge in [0.25, 0.3) is 0 Å². The van der Waals surface area contributed by atoms with Gasteiger partial charge in [-0.1, -0.05) is 18.2 Å². The fraction of sp³-hybridized carbons (Fsp3) is 0.235. The molecule has 0 bridgehead atoms. The molecule has 0 aliphatic carbocycles. The molecule has 0 unspecified atom stereocenters. The van der Waals surface area contributed by atoms with Crippen molar-refractivity contribution < 1.29 is 22.4 Å². The second kappa shape index (κ2) is 7.70. The van der Waals surface area contributed by atoms with Gasteiger partial charge in [0.1, 0.15) is 5.82 Å². The van der Waals surface area contributed by atoms with Gasteiger partial charge in [-0.15, -0.1) is 11.8 Å². The SMILES string of the molecule is C[C@@H](NC(=O)CSc1cccc(C(F)(F)F)c1)c1ccc(F)cc1. The second-order valence-electron chi connectivity index (χ2n) is 5.16. The van der Waals surface area contributed by atoms with E-state index in [1.807, 2.05) is 0 Å². The molecule has 0 saturated carbocycles. The van der Waals surface area contributed by atoms with Crippen LogP contribution in [-0.4, -0.2) is 11.7 Å². The molecule has 2 nitrogen and oxygen atoms in total. The second-order valence-corrected chi connectivity index (χ2v) is 6.20. The van der Waals surface area contributed by atoms with Gasteiger partial charge in [0, 0.05) is 4.90 Å². The normalized spacial score (nSPS) is 12.7. The fourth-order valence-electron chi connectivity index (χ4n) is 2.03. The van der Waals surface area contributed by atoms with Crippen molar-refractivity contribution in [3.8, 4) is 0 Å². The third-order valence-electron chi connectivity index (χ3n) is 3.28. The van der Waals surface area contributed by atoms with E-state index in [0.717, 1.165) is 29.5 Å². The van der Waals surface area contributed by atoms with Crippen LogP contribution < -0.4 is 5.32 Å². The van der Waals surface area contributed by atoms with Crippen LogP contribution in [0.1, 0.15) is 24.1 Å². The summed E-state index contributed by atoms with van der Waals surface area (Å²) in [5.74, 6) is -0.682. The maximum Gasteiger partial charge on any atom is 0.416 e. The lowest BCUT2D eigenvalue weighted by atomic mass is 10.1. The monoisotopic (exact) mass is 357 g/mol. The lowest BCUT2D eigenvalue weighted by molar-refractivity contribution is -0.137. The Hall–Kier alpha value is -2.02. The van der Waals surface area contributed by atoms with Crippen LogP contribution in [0.15, 0.2) is 53.4 Å². The van der Waals surface area contributed by atoms with Crippen LogP contribution >= 0.6 is 11.8 Å². The Morgan fingerprint density at radius 3 is 2.46 bits per heavy atom. The predicted molar refractivity (Wildman–Crippen MR) is 85.1 cm³/mol. The van der Waals surface area contributed by atoms with E-state index in [0.29, 0.717) is 4.90 Å². The third-order valence-corrected chi connectivity index (χ3v) is 4.27. The summed E-state index contributed by atoms with van der Waals surface area (Å²) >= 11 is 1.03. The molecule has 0 aliphatic heterocycles. The number of hydrogen-bond donors (Lipinski definition) is 1. The summed E-state index contributed by atoms with van der Waals surface area (Å²) < 4.78 is 50.8. The first-order chi connectivity index (χ1) is 11.3. The molecule has 0 aliphatic rings. The minimum absolute atomic E-state index is 0.00710. The zero-order valence-corrected chi connectivity index (χ0v) is 13.5. The van der Waals surface area contributed by atoms with Crippen LogP contribution in [0.25, 0.3) is 0 Å². The highest BCUT2D eigenvalue weighted by Crippen LogP contribution is 2.31. The Labute approximate surface area is 141 Å². The van der Waals surface area contributed by atoms with Crippen molar-refractivity contribution in [2.45, 2.75) is 24.0 Å². The molecular formula is C17H15F4NOS. The van der Waals surface area contributed by atoms with Crippen molar-refractivity contribution in [3.63, 3.8) is 0 Å². The molecule has 1 amide bonds. The Kier molecular flexibility index (Phi) is 5.88. The van der Waals surface area contributed by atoms with Crippen LogP contribution in [0.3, 0.4) is 0 Å². The van der Waals surface area contributed by atoms with Crippen LogP contribution in [0.5, 0.6) is 0 Å². The quantitative estimate of drug-likeness (QED) is 0.614. The van der Waals surface area contributed by atoms with E-state index < -0.39 is 11.7 Å². The highest BCUT2D eigenvalue weighted by molar-refractivity contribution is 8.00. The Bertz CT molecular complexity index is 700. The summed E-state index contributed by atoms with van der Waals surface area (Å²) in [4.78, 5) is 12.3. The molecule has 0 spiro atoms. The lowest BCUT2D eigenvalue weighted by Crippen LogP contribution is -2.28. The van der Waals surface area contributed by atoms with Crippen LogP contribution in [0, 0.1) is 5.82 Å². The summed E-state index contributed by atoms with van der Waals surface area (Å²) in [6, 6.07) is 10.3. The van der Waals surface area contributed by atoms with Crippen molar-refractivity contribution in [3.05, 3.63) is 65.5 Å². The van der Waals surface area contributed by atoms with Gasteiger partial charge >= 0.3 is 6.18 Å². The Balaban J connectivity index is 1.90. The number of carbonyl (C=O) groups excluding carboxylic acids is 1. The molecule has 2 rings (SSSR count). The van der Waals surface area contributed by atoms with Gasteiger partial charge in [-0.05, 0) is 42.8 Å². The maximum absolute atomic E-state index is 12.9. The van der Waals surface area contributed by atoms with Gasteiger partial charge in [0.2, 0.25) is 5.91 Å². The van der Waals surface area contributed by atoms with Gasteiger partial charge < -0.3 is 5.32 Å². The standard InChI is InChI=1S/C17H15F4NOS/c1-11(12-5-7-14(18)8-6-12)22-16(23)10-24-15-4-2-3-13(9-15)17(19,20)21/h2-9,11H,10H2,1H3,(H,22,23)/t11-/m1/s1. The van der Waals surface area contributed by atoms with Crippen molar-refractivity contribution in [2.24, 2.45) is 0 Å². The molecule has 0 heterocycles. The molecule has 0 aromatic heterocycles. The number of hydrogen-bond acceptors (Lipinski definition) is 2. The van der Waals surface area contributed by atoms with E-state index in [1.165, 1.54) is 24.3 Å². The number of halogens is 4. The van der Waals surface area contributed by atoms with Gasteiger partial charge in [0.15, 0.2) is 0 Å². The average molecular weight is 357 g/mol. The number of amides is 1. The number of alkyl halides is 3. The van der Waals surface area contributed by atoms with E-state index in [2.05, 4.69) is 5.32 Å². The Morgan fingerprint density at radius 1 is 1.17 bits per heavy atom. The average Bonchev–Trinajstić information content (AvgIpc) is 2.53. The van der Waals surface area contributed by atoms with E-state index in [4.69, 9.17) is 0 Å². The Morgan fingerprint density at radius 2 is 1.83 bits per heavy atom. The van der Waals surface area contributed by atoms with Gasteiger partial charge in [-0.2, -0.15) is 13.2 Å². The molecule has 1 atom stereocenters.